The molecule has 5 nitrogen and oxygen atoms in total. The van der Waals surface area contributed by atoms with E-state index in [1.807, 2.05) is 19.1 Å². The maximum atomic E-state index is 13.6. The van der Waals surface area contributed by atoms with Gasteiger partial charge in [0, 0.05) is 41.3 Å². The van der Waals surface area contributed by atoms with Gasteiger partial charge >= 0.3 is 0 Å². The average Bonchev–Trinajstić information content (AvgIpc) is 2.83. The van der Waals surface area contributed by atoms with Gasteiger partial charge in [-0.05, 0) is 83.9 Å². The quantitative estimate of drug-likeness (QED) is 0.468. The van der Waals surface area contributed by atoms with Crippen LogP contribution in [0.15, 0.2) is 63.4 Å². The number of ketones is 2. The van der Waals surface area contributed by atoms with Crippen LogP contribution in [0.3, 0.4) is 0 Å². The van der Waals surface area contributed by atoms with Gasteiger partial charge in [0.15, 0.2) is 23.1 Å². The molecule has 2 aromatic rings. The van der Waals surface area contributed by atoms with Crippen molar-refractivity contribution in [1.82, 2.24) is 5.32 Å². The number of allylic oxidation sites excluding steroid dienone is 4. The fourth-order valence-electron chi connectivity index (χ4n) is 5.26. The molecule has 0 aromatic heterocycles. The molecule has 7 heteroatoms. The molecule has 0 bridgehead atoms. The van der Waals surface area contributed by atoms with Crippen molar-refractivity contribution in [3.8, 4) is 11.5 Å². The topological polar surface area (TPSA) is 64.6 Å². The number of halogens is 2. The van der Waals surface area contributed by atoms with Crippen molar-refractivity contribution < 1.29 is 23.5 Å². The molecule has 1 aliphatic heterocycles. The fraction of sp³-hybridized carbons (Fsp3) is 0.357. The Hall–Kier alpha value is -2.93. The standard InChI is InChI=1S/C28H27BrFNO4/c1-2-34-24-14-17(13-19(29)28(24)35-15-16-6-3-7-18(30)12-16)25-26-20(8-4-10-22(26)32)31-21-9-5-11-23(33)27(21)25/h3,6-7,12-14,25,31H,2,4-5,8-11,15H2,1H3. The normalized spacial score (nSPS) is 18.3. The molecule has 0 radical (unpaired) electrons. The van der Waals surface area contributed by atoms with E-state index in [1.165, 1.54) is 12.1 Å². The Morgan fingerprint density at radius 2 is 1.66 bits per heavy atom. The summed E-state index contributed by atoms with van der Waals surface area (Å²) >= 11 is 3.63. The number of hydrogen-bond acceptors (Lipinski definition) is 5. The minimum Gasteiger partial charge on any atom is -0.490 e. The van der Waals surface area contributed by atoms with Crippen LogP contribution in [0.4, 0.5) is 4.39 Å². The summed E-state index contributed by atoms with van der Waals surface area (Å²) in [7, 11) is 0. The van der Waals surface area contributed by atoms with Gasteiger partial charge in [-0.25, -0.2) is 4.39 Å². The Labute approximate surface area is 212 Å². The summed E-state index contributed by atoms with van der Waals surface area (Å²) in [6, 6.07) is 10.1. The second-order valence-electron chi connectivity index (χ2n) is 9.08. The monoisotopic (exact) mass is 539 g/mol. The number of dihydropyridines is 1. The lowest BCUT2D eigenvalue weighted by Gasteiger charge is -2.37. The fourth-order valence-corrected chi connectivity index (χ4v) is 5.83. The molecular formula is C28H27BrFNO4. The zero-order valence-electron chi connectivity index (χ0n) is 19.6. The van der Waals surface area contributed by atoms with Crippen molar-refractivity contribution in [2.24, 2.45) is 0 Å². The van der Waals surface area contributed by atoms with Gasteiger partial charge in [0.25, 0.3) is 0 Å². The highest BCUT2D eigenvalue weighted by Crippen LogP contribution is 2.48. The predicted molar refractivity (Wildman–Crippen MR) is 134 cm³/mol. The highest BCUT2D eigenvalue weighted by atomic mass is 79.9. The molecule has 0 spiro atoms. The Bertz CT molecular complexity index is 1220. The van der Waals surface area contributed by atoms with Crippen molar-refractivity contribution in [1.29, 1.82) is 0 Å². The summed E-state index contributed by atoms with van der Waals surface area (Å²) in [5.74, 6) is 0.460. The molecule has 0 saturated heterocycles. The van der Waals surface area contributed by atoms with E-state index in [9.17, 15) is 14.0 Å². The molecule has 35 heavy (non-hydrogen) atoms. The minimum absolute atomic E-state index is 0.0918. The van der Waals surface area contributed by atoms with Crippen LogP contribution in [0.25, 0.3) is 0 Å². The van der Waals surface area contributed by atoms with E-state index in [-0.39, 0.29) is 24.0 Å². The smallest absolute Gasteiger partial charge is 0.175 e. The summed E-state index contributed by atoms with van der Waals surface area (Å²) in [6.45, 7) is 2.47. The van der Waals surface area contributed by atoms with Crippen LogP contribution in [-0.2, 0) is 16.2 Å². The first kappa shape index (κ1) is 23.8. The number of ether oxygens (including phenoxy) is 2. The van der Waals surface area contributed by atoms with Gasteiger partial charge in [0.1, 0.15) is 12.4 Å². The van der Waals surface area contributed by atoms with Crippen LogP contribution >= 0.6 is 15.9 Å². The van der Waals surface area contributed by atoms with Gasteiger partial charge in [-0.2, -0.15) is 0 Å². The summed E-state index contributed by atoms with van der Waals surface area (Å²) in [4.78, 5) is 26.2. The number of carbonyl (C=O) groups is 2. The number of hydrogen-bond donors (Lipinski definition) is 1. The van der Waals surface area contributed by atoms with E-state index in [2.05, 4.69) is 21.2 Å². The first-order chi connectivity index (χ1) is 17.0. The average molecular weight is 540 g/mol. The lowest BCUT2D eigenvalue weighted by atomic mass is 9.71. The van der Waals surface area contributed by atoms with Gasteiger partial charge in [-0.15, -0.1) is 0 Å². The van der Waals surface area contributed by atoms with Crippen molar-refractivity contribution in [2.45, 2.75) is 58.0 Å². The van der Waals surface area contributed by atoms with Crippen LogP contribution in [0.1, 0.15) is 62.5 Å². The van der Waals surface area contributed by atoms with Crippen LogP contribution in [0, 0.1) is 5.82 Å². The summed E-state index contributed by atoms with van der Waals surface area (Å²) < 4.78 is 26.3. The van der Waals surface area contributed by atoms with E-state index in [0.717, 1.165) is 42.6 Å². The van der Waals surface area contributed by atoms with E-state index < -0.39 is 5.92 Å². The zero-order chi connectivity index (χ0) is 24.5. The molecular weight excluding hydrogens is 513 g/mol. The zero-order valence-corrected chi connectivity index (χ0v) is 21.2. The Kier molecular flexibility index (Phi) is 6.78. The molecule has 2 aliphatic carbocycles. The molecule has 0 saturated carbocycles. The first-order valence-corrected chi connectivity index (χ1v) is 12.9. The molecule has 0 atom stereocenters. The summed E-state index contributed by atoms with van der Waals surface area (Å²) in [5.41, 5.74) is 4.82. The molecule has 182 valence electrons. The highest BCUT2D eigenvalue weighted by molar-refractivity contribution is 9.10. The van der Waals surface area contributed by atoms with Gasteiger partial charge < -0.3 is 14.8 Å². The number of carbonyl (C=O) groups excluding carboxylic acids is 2. The minimum atomic E-state index is -0.422. The van der Waals surface area contributed by atoms with Gasteiger partial charge in [0.05, 0.1) is 11.1 Å². The molecule has 1 heterocycles. The Balaban J connectivity index is 1.57. The molecule has 0 fully saturated rings. The van der Waals surface area contributed by atoms with Crippen LogP contribution in [0.5, 0.6) is 11.5 Å². The maximum absolute atomic E-state index is 13.6. The van der Waals surface area contributed by atoms with Crippen molar-refractivity contribution in [3.05, 3.63) is 80.4 Å². The third-order valence-corrected chi connectivity index (χ3v) is 7.32. The third kappa shape index (κ3) is 4.66. The lowest BCUT2D eigenvalue weighted by Crippen LogP contribution is -2.36. The molecule has 0 unspecified atom stereocenters. The SMILES string of the molecule is CCOc1cc(C2C3=C(CCCC3=O)NC3=C2C(=O)CCC3)cc(Br)c1OCc1cccc(F)c1. The van der Waals surface area contributed by atoms with Crippen LogP contribution in [-0.4, -0.2) is 18.2 Å². The van der Waals surface area contributed by atoms with E-state index >= 15 is 0 Å². The van der Waals surface area contributed by atoms with Gasteiger partial charge in [0.2, 0.25) is 0 Å². The largest absolute Gasteiger partial charge is 0.490 e. The molecule has 2 aromatic carbocycles. The lowest BCUT2D eigenvalue weighted by molar-refractivity contribution is -0.117. The maximum Gasteiger partial charge on any atom is 0.175 e. The van der Waals surface area contributed by atoms with E-state index in [4.69, 9.17) is 9.47 Å². The Morgan fingerprint density at radius 1 is 0.971 bits per heavy atom. The van der Waals surface area contributed by atoms with E-state index in [1.54, 1.807) is 12.1 Å². The molecule has 3 aliphatic rings. The van der Waals surface area contributed by atoms with Crippen molar-refractivity contribution in [3.63, 3.8) is 0 Å². The Morgan fingerprint density at radius 3 is 2.29 bits per heavy atom. The molecule has 5 rings (SSSR count). The van der Waals surface area contributed by atoms with Crippen molar-refractivity contribution in [2.75, 3.05) is 6.61 Å². The molecule has 1 N–H and O–H groups in total. The number of rotatable bonds is 6. The van der Waals surface area contributed by atoms with Crippen LogP contribution in [0.2, 0.25) is 0 Å². The summed E-state index contributed by atoms with van der Waals surface area (Å²) in [5, 5.41) is 3.45. The number of benzene rings is 2. The summed E-state index contributed by atoms with van der Waals surface area (Å²) in [6.07, 6.45) is 4.21. The number of nitrogens with one attached hydrogen (secondary N) is 1. The third-order valence-electron chi connectivity index (χ3n) is 6.73. The number of Topliss-reactive ketones (excluding diaryl/α,β-unsaturated/α-hetero) is 2. The molecule has 0 amide bonds. The predicted octanol–water partition coefficient (Wildman–Crippen LogP) is 6.27. The van der Waals surface area contributed by atoms with Crippen molar-refractivity contribution >= 4 is 27.5 Å². The van der Waals surface area contributed by atoms with Gasteiger partial charge in [-0.1, -0.05) is 12.1 Å². The van der Waals surface area contributed by atoms with Crippen LogP contribution < -0.4 is 14.8 Å². The second-order valence-corrected chi connectivity index (χ2v) is 9.93. The first-order valence-electron chi connectivity index (χ1n) is 12.1. The highest BCUT2D eigenvalue weighted by Gasteiger charge is 2.40. The van der Waals surface area contributed by atoms with Gasteiger partial charge in [-0.3, -0.25) is 9.59 Å². The second kappa shape index (κ2) is 9.97. The van der Waals surface area contributed by atoms with E-state index in [0.29, 0.717) is 52.1 Å².